The largest absolute Gasteiger partial charge is 0.366 e. The predicted molar refractivity (Wildman–Crippen MR) is 55.9 cm³/mol. The molecule has 5 heteroatoms. The summed E-state index contributed by atoms with van der Waals surface area (Å²) >= 11 is 0. The van der Waals surface area contributed by atoms with Crippen molar-refractivity contribution in [2.24, 2.45) is 5.92 Å². The Bertz CT molecular complexity index is 360. The fraction of sp³-hybridized carbons (Fsp3) is 0.800. The maximum atomic E-state index is 11.3. The van der Waals surface area contributed by atoms with Crippen molar-refractivity contribution in [1.82, 2.24) is 0 Å². The van der Waals surface area contributed by atoms with E-state index in [1.54, 1.807) is 13.8 Å². The van der Waals surface area contributed by atoms with Crippen LogP contribution in [0.5, 0.6) is 0 Å². The van der Waals surface area contributed by atoms with Crippen LogP contribution in [0.25, 0.3) is 0 Å². The monoisotopic (exact) mass is 232 g/mol. The fourth-order valence-corrected chi connectivity index (χ4v) is 2.88. The second kappa shape index (κ2) is 3.88. The Kier molecular flexibility index (Phi) is 2.87. The minimum atomic E-state index is -3.35. The van der Waals surface area contributed by atoms with Gasteiger partial charge in [-0.15, -0.1) is 0 Å². The summed E-state index contributed by atoms with van der Waals surface area (Å²) in [5.41, 5.74) is 0. The van der Waals surface area contributed by atoms with Crippen molar-refractivity contribution >= 4 is 10.1 Å². The number of fused-ring (bicyclic) bond motifs is 2. The van der Waals surface area contributed by atoms with Crippen LogP contribution in [0, 0.1) is 5.92 Å². The molecule has 2 bridgehead atoms. The van der Waals surface area contributed by atoms with Gasteiger partial charge in [-0.25, -0.2) is 0 Å². The average Bonchev–Trinajstić information content (AvgIpc) is 2.78. The summed E-state index contributed by atoms with van der Waals surface area (Å²) in [6.07, 6.45) is 4.79. The van der Waals surface area contributed by atoms with Crippen molar-refractivity contribution in [2.45, 2.75) is 38.6 Å². The Morgan fingerprint density at radius 1 is 1.53 bits per heavy atom. The van der Waals surface area contributed by atoms with Gasteiger partial charge in [0.05, 0.1) is 24.1 Å². The molecule has 2 aliphatic rings. The highest BCUT2D eigenvalue weighted by atomic mass is 32.2. The lowest BCUT2D eigenvalue weighted by Gasteiger charge is -2.22. The minimum Gasteiger partial charge on any atom is -0.366 e. The Labute approximate surface area is 90.4 Å². The molecule has 0 aliphatic carbocycles. The van der Waals surface area contributed by atoms with Gasteiger partial charge in [-0.05, 0) is 20.3 Å². The van der Waals surface area contributed by atoms with Gasteiger partial charge in [0.1, 0.15) is 0 Å². The molecule has 15 heavy (non-hydrogen) atoms. The van der Waals surface area contributed by atoms with Crippen molar-refractivity contribution in [1.29, 1.82) is 0 Å². The van der Waals surface area contributed by atoms with Gasteiger partial charge in [-0.1, -0.05) is 12.2 Å². The third kappa shape index (κ3) is 2.24. The molecular formula is C10H16O4S. The first-order valence-electron chi connectivity index (χ1n) is 5.26. The maximum absolute atomic E-state index is 11.3. The van der Waals surface area contributed by atoms with Crippen LogP contribution >= 0.6 is 0 Å². The van der Waals surface area contributed by atoms with E-state index in [4.69, 9.17) is 8.92 Å². The summed E-state index contributed by atoms with van der Waals surface area (Å²) in [7, 11) is -3.35. The van der Waals surface area contributed by atoms with Crippen molar-refractivity contribution in [2.75, 3.05) is 5.75 Å². The topological polar surface area (TPSA) is 52.6 Å². The molecule has 4 atom stereocenters. The third-order valence-electron chi connectivity index (χ3n) is 3.03. The van der Waals surface area contributed by atoms with Crippen LogP contribution in [0.2, 0.25) is 0 Å². The lowest BCUT2D eigenvalue weighted by molar-refractivity contribution is 0.0777. The van der Waals surface area contributed by atoms with E-state index in [0.29, 0.717) is 0 Å². The van der Waals surface area contributed by atoms with Crippen molar-refractivity contribution < 1.29 is 17.3 Å². The zero-order valence-electron chi connectivity index (χ0n) is 8.92. The highest BCUT2D eigenvalue weighted by Crippen LogP contribution is 2.36. The molecule has 0 aromatic carbocycles. The van der Waals surface area contributed by atoms with Crippen molar-refractivity contribution in [3.05, 3.63) is 12.2 Å². The van der Waals surface area contributed by atoms with E-state index >= 15 is 0 Å². The van der Waals surface area contributed by atoms with Crippen LogP contribution < -0.4 is 0 Å². The Morgan fingerprint density at radius 2 is 2.27 bits per heavy atom. The van der Waals surface area contributed by atoms with E-state index in [1.807, 2.05) is 12.2 Å². The molecule has 0 aromatic heterocycles. The molecule has 0 spiro atoms. The van der Waals surface area contributed by atoms with Crippen molar-refractivity contribution in [3.8, 4) is 0 Å². The van der Waals surface area contributed by atoms with E-state index in [-0.39, 0.29) is 30.0 Å². The van der Waals surface area contributed by atoms with Gasteiger partial charge in [0.15, 0.2) is 0 Å². The number of hydrogen-bond donors (Lipinski definition) is 0. The second-order valence-corrected chi connectivity index (χ2v) is 5.96. The average molecular weight is 232 g/mol. The molecule has 4 nitrogen and oxygen atoms in total. The maximum Gasteiger partial charge on any atom is 0.267 e. The zero-order valence-corrected chi connectivity index (χ0v) is 9.74. The van der Waals surface area contributed by atoms with Crippen LogP contribution in [-0.2, 0) is 19.0 Å². The van der Waals surface area contributed by atoms with Gasteiger partial charge >= 0.3 is 0 Å². The van der Waals surface area contributed by atoms with Crippen LogP contribution in [-0.4, -0.2) is 32.5 Å². The normalized spacial score (nSPS) is 36.0. The van der Waals surface area contributed by atoms with E-state index in [9.17, 15) is 8.42 Å². The zero-order chi connectivity index (χ0) is 11.1. The van der Waals surface area contributed by atoms with Crippen LogP contribution in [0.4, 0.5) is 0 Å². The molecule has 4 unspecified atom stereocenters. The first-order chi connectivity index (χ1) is 7.02. The number of hydrogen-bond acceptors (Lipinski definition) is 4. The van der Waals surface area contributed by atoms with Crippen molar-refractivity contribution in [3.63, 3.8) is 0 Å². The Balaban J connectivity index is 1.98. The van der Waals surface area contributed by atoms with Crippen LogP contribution in [0.3, 0.4) is 0 Å². The Hall–Kier alpha value is -0.390. The molecule has 2 rings (SSSR count). The summed E-state index contributed by atoms with van der Waals surface area (Å²) in [4.78, 5) is 0. The third-order valence-corrected chi connectivity index (χ3v) is 4.33. The number of rotatable bonds is 4. The molecule has 0 amide bonds. The molecule has 0 radical (unpaired) electrons. The van der Waals surface area contributed by atoms with Crippen LogP contribution in [0.1, 0.15) is 20.3 Å². The summed E-state index contributed by atoms with van der Waals surface area (Å²) < 4.78 is 33.2. The van der Waals surface area contributed by atoms with E-state index in [2.05, 4.69) is 0 Å². The minimum absolute atomic E-state index is 0.0227. The molecule has 0 saturated carbocycles. The van der Waals surface area contributed by atoms with E-state index < -0.39 is 10.1 Å². The van der Waals surface area contributed by atoms with Gasteiger partial charge in [-0.2, -0.15) is 8.42 Å². The van der Waals surface area contributed by atoms with Gasteiger partial charge in [-0.3, -0.25) is 4.18 Å². The van der Waals surface area contributed by atoms with Crippen LogP contribution in [0.15, 0.2) is 12.2 Å². The van der Waals surface area contributed by atoms with Gasteiger partial charge in [0.2, 0.25) is 0 Å². The standard InChI is InChI=1S/C10H16O4S/c1-3-15(11,12)14-7(2)9-6-8-4-5-10(9)13-8/h4-5,7-10H,3,6H2,1-2H3. The molecule has 1 fully saturated rings. The summed E-state index contributed by atoms with van der Waals surface area (Å²) in [5, 5.41) is 0. The van der Waals surface area contributed by atoms with E-state index in [1.165, 1.54) is 0 Å². The first kappa shape index (κ1) is 11.1. The number of ether oxygens (including phenoxy) is 1. The quantitative estimate of drug-likeness (QED) is 0.537. The Morgan fingerprint density at radius 3 is 2.73 bits per heavy atom. The molecule has 2 aliphatic heterocycles. The molecule has 2 heterocycles. The van der Waals surface area contributed by atoms with Gasteiger partial charge in [0.25, 0.3) is 10.1 Å². The second-order valence-electron chi connectivity index (χ2n) is 4.07. The SMILES string of the molecule is CCS(=O)(=O)OC(C)C1CC2C=CC1O2. The lowest BCUT2D eigenvalue weighted by atomic mass is 9.90. The summed E-state index contributed by atoms with van der Waals surface area (Å²) in [5.74, 6) is 0.191. The van der Waals surface area contributed by atoms with E-state index in [0.717, 1.165) is 6.42 Å². The van der Waals surface area contributed by atoms with Gasteiger partial charge < -0.3 is 4.74 Å². The molecule has 0 aromatic rings. The molecule has 1 saturated heterocycles. The lowest BCUT2D eigenvalue weighted by Crippen LogP contribution is -2.30. The summed E-state index contributed by atoms with van der Waals surface area (Å²) in [6, 6.07) is 0. The molecular weight excluding hydrogens is 216 g/mol. The van der Waals surface area contributed by atoms with Gasteiger partial charge in [0, 0.05) is 5.92 Å². The first-order valence-corrected chi connectivity index (χ1v) is 6.84. The molecule has 86 valence electrons. The summed E-state index contributed by atoms with van der Waals surface area (Å²) in [6.45, 7) is 3.38. The highest BCUT2D eigenvalue weighted by molar-refractivity contribution is 7.86. The highest BCUT2D eigenvalue weighted by Gasteiger charge is 2.41. The fourth-order valence-electron chi connectivity index (χ4n) is 2.14. The smallest absolute Gasteiger partial charge is 0.267 e. The molecule has 0 N–H and O–H groups in total. The predicted octanol–water partition coefficient (Wildman–Crippen LogP) is 1.08.